The number of anilines is 2. The van der Waals surface area contributed by atoms with Crippen LogP contribution in [0.25, 0.3) is 0 Å². The highest BCUT2D eigenvalue weighted by atomic mass is 19.4. The van der Waals surface area contributed by atoms with Crippen LogP contribution in [-0.4, -0.2) is 11.7 Å². The van der Waals surface area contributed by atoms with Crippen LogP contribution in [0.4, 0.5) is 24.5 Å². The van der Waals surface area contributed by atoms with Crippen LogP contribution < -0.4 is 10.2 Å². The zero-order chi connectivity index (χ0) is 24.7. The Bertz CT molecular complexity index is 1130. The standard InChI is InChI=1S/C27H29F3N2O2/c1-4-5-10-23(34)32-21-9-7-6-8-19(21)31-20-15-26(2,3)16-22(33)24(20)25(32)17-11-13-18(14-12-17)27(28,29)30/h6-9,11-14,25,31H,4-5,10,15-16H2,1-3H3. The average Bonchev–Trinajstić information content (AvgIpc) is 2.90. The van der Waals surface area contributed by atoms with Crippen LogP contribution in [0.1, 0.15) is 70.0 Å². The first-order chi connectivity index (χ1) is 16.0. The Hall–Kier alpha value is -3.09. The zero-order valence-electron chi connectivity index (χ0n) is 19.6. The monoisotopic (exact) mass is 470 g/mol. The predicted octanol–water partition coefficient (Wildman–Crippen LogP) is 7.04. The minimum absolute atomic E-state index is 0.0928. The number of unbranched alkanes of at least 4 members (excludes halogenated alkanes) is 1. The Balaban J connectivity index is 1.94. The molecule has 1 unspecified atom stereocenters. The summed E-state index contributed by atoms with van der Waals surface area (Å²) in [5, 5.41) is 3.41. The lowest BCUT2D eigenvalue weighted by molar-refractivity contribution is -0.137. The minimum atomic E-state index is -4.47. The van der Waals surface area contributed by atoms with Crippen LogP contribution in [0.3, 0.4) is 0 Å². The Morgan fingerprint density at radius 1 is 1.09 bits per heavy atom. The van der Waals surface area contributed by atoms with Gasteiger partial charge in [-0.15, -0.1) is 0 Å². The lowest BCUT2D eigenvalue weighted by Crippen LogP contribution is -2.39. The number of carbonyl (C=O) groups excluding carboxylic acids is 2. The fraction of sp³-hybridized carbons (Fsp3) is 0.407. The first-order valence-corrected chi connectivity index (χ1v) is 11.6. The van der Waals surface area contributed by atoms with Crippen molar-refractivity contribution < 1.29 is 22.8 Å². The van der Waals surface area contributed by atoms with Gasteiger partial charge in [0, 0.05) is 24.1 Å². The van der Waals surface area contributed by atoms with Gasteiger partial charge in [-0.05, 0) is 48.1 Å². The van der Waals surface area contributed by atoms with Crippen LogP contribution in [-0.2, 0) is 15.8 Å². The molecule has 34 heavy (non-hydrogen) atoms. The Morgan fingerprint density at radius 3 is 2.41 bits per heavy atom. The third kappa shape index (κ3) is 4.61. The first-order valence-electron chi connectivity index (χ1n) is 11.6. The lowest BCUT2D eigenvalue weighted by Gasteiger charge is -2.37. The number of rotatable bonds is 4. The maximum Gasteiger partial charge on any atom is 0.416 e. The number of amides is 1. The van der Waals surface area contributed by atoms with Gasteiger partial charge in [-0.3, -0.25) is 14.5 Å². The van der Waals surface area contributed by atoms with Gasteiger partial charge in [-0.1, -0.05) is 51.5 Å². The number of fused-ring (bicyclic) bond motifs is 1. The number of benzene rings is 2. The molecule has 1 aliphatic carbocycles. The maximum absolute atomic E-state index is 13.6. The van der Waals surface area contributed by atoms with Crippen molar-refractivity contribution in [1.82, 2.24) is 0 Å². The highest BCUT2D eigenvalue weighted by Gasteiger charge is 2.43. The molecule has 1 atom stereocenters. The number of alkyl halides is 3. The van der Waals surface area contributed by atoms with Crippen LogP contribution in [0.15, 0.2) is 59.8 Å². The Morgan fingerprint density at radius 2 is 1.76 bits per heavy atom. The molecule has 2 aliphatic rings. The molecule has 0 spiro atoms. The molecular weight excluding hydrogens is 441 g/mol. The van der Waals surface area contributed by atoms with Crippen molar-refractivity contribution in [1.29, 1.82) is 0 Å². The second kappa shape index (κ2) is 8.93. The summed E-state index contributed by atoms with van der Waals surface area (Å²) in [6, 6.07) is 11.4. The lowest BCUT2D eigenvalue weighted by atomic mass is 9.73. The molecule has 1 N–H and O–H groups in total. The van der Waals surface area contributed by atoms with Gasteiger partial charge >= 0.3 is 6.18 Å². The molecule has 0 saturated heterocycles. The molecule has 7 heteroatoms. The van der Waals surface area contributed by atoms with E-state index in [0.717, 1.165) is 24.3 Å². The van der Waals surface area contributed by atoms with E-state index in [4.69, 9.17) is 0 Å². The first kappa shape index (κ1) is 24.0. The SMILES string of the molecule is CCCCC(=O)N1c2ccccc2NC2=C(C(=O)CC(C)(C)C2)C1c1ccc(C(F)(F)F)cc1. The number of halogens is 3. The molecule has 0 bridgehead atoms. The van der Waals surface area contributed by atoms with E-state index in [1.807, 2.05) is 45.0 Å². The largest absolute Gasteiger partial charge is 0.416 e. The molecular formula is C27H29F3N2O2. The van der Waals surface area contributed by atoms with Crippen molar-refractivity contribution >= 4 is 23.1 Å². The highest BCUT2D eigenvalue weighted by molar-refractivity contribution is 6.06. The third-order valence-electron chi connectivity index (χ3n) is 6.47. The quantitative estimate of drug-likeness (QED) is 0.521. The number of hydrogen-bond acceptors (Lipinski definition) is 3. The van der Waals surface area contributed by atoms with Crippen molar-refractivity contribution in [2.75, 3.05) is 10.2 Å². The topological polar surface area (TPSA) is 49.4 Å². The molecule has 1 heterocycles. The van der Waals surface area contributed by atoms with Crippen molar-refractivity contribution in [3.8, 4) is 0 Å². The van der Waals surface area contributed by atoms with E-state index in [1.54, 1.807) is 4.90 Å². The number of hydrogen-bond donors (Lipinski definition) is 1. The van der Waals surface area contributed by atoms with Gasteiger partial charge in [0.2, 0.25) is 5.91 Å². The molecule has 0 saturated carbocycles. The van der Waals surface area contributed by atoms with Gasteiger partial charge in [-0.25, -0.2) is 0 Å². The van der Waals surface area contributed by atoms with E-state index in [1.165, 1.54) is 12.1 Å². The molecule has 2 aromatic rings. The highest BCUT2D eigenvalue weighted by Crippen LogP contribution is 2.48. The number of ketones is 1. The number of allylic oxidation sites excluding steroid dienone is 1. The van der Waals surface area contributed by atoms with E-state index in [0.29, 0.717) is 41.8 Å². The van der Waals surface area contributed by atoms with Gasteiger partial charge in [0.25, 0.3) is 0 Å². The second-order valence-corrected chi connectivity index (χ2v) is 9.86. The van der Waals surface area contributed by atoms with E-state index in [-0.39, 0.29) is 23.5 Å². The van der Waals surface area contributed by atoms with Gasteiger partial charge in [-0.2, -0.15) is 13.2 Å². The molecule has 4 nitrogen and oxygen atoms in total. The van der Waals surface area contributed by atoms with E-state index in [2.05, 4.69) is 5.32 Å². The van der Waals surface area contributed by atoms with Crippen molar-refractivity contribution in [2.45, 2.75) is 65.1 Å². The summed E-state index contributed by atoms with van der Waals surface area (Å²) in [7, 11) is 0. The summed E-state index contributed by atoms with van der Waals surface area (Å²) >= 11 is 0. The zero-order valence-corrected chi connectivity index (χ0v) is 19.6. The maximum atomic E-state index is 13.6. The normalized spacial score (nSPS) is 19.8. The number of carbonyl (C=O) groups is 2. The summed E-state index contributed by atoms with van der Waals surface area (Å²) < 4.78 is 39.7. The molecule has 1 aliphatic heterocycles. The molecule has 180 valence electrons. The fourth-order valence-electron chi connectivity index (χ4n) is 4.88. The van der Waals surface area contributed by atoms with Gasteiger partial charge in [0.05, 0.1) is 23.0 Å². The van der Waals surface area contributed by atoms with Gasteiger partial charge < -0.3 is 5.32 Å². The third-order valence-corrected chi connectivity index (χ3v) is 6.47. The average molecular weight is 471 g/mol. The molecule has 0 aromatic heterocycles. The van der Waals surface area contributed by atoms with E-state index in [9.17, 15) is 22.8 Å². The molecule has 4 rings (SSSR count). The number of Topliss-reactive ketones (excluding diaryl/α,β-unsaturated/α-hetero) is 1. The van der Waals surface area contributed by atoms with Crippen LogP contribution >= 0.6 is 0 Å². The smallest absolute Gasteiger partial charge is 0.357 e. The van der Waals surface area contributed by atoms with E-state index >= 15 is 0 Å². The van der Waals surface area contributed by atoms with Gasteiger partial charge in [0.1, 0.15) is 0 Å². The van der Waals surface area contributed by atoms with Gasteiger partial charge in [0.15, 0.2) is 5.78 Å². The van der Waals surface area contributed by atoms with Crippen molar-refractivity contribution in [2.24, 2.45) is 5.41 Å². The number of nitrogens with one attached hydrogen (secondary N) is 1. The van der Waals surface area contributed by atoms with Crippen LogP contribution in [0.2, 0.25) is 0 Å². The molecule has 0 fully saturated rings. The van der Waals surface area contributed by atoms with Crippen molar-refractivity contribution in [3.05, 3.63) is 70.9 Å². The summed E-state index contributed by atoms with van der Waals surface area (Å²) in [5.41, 5.74) is 1.96. The van der Waals surface area contributed by atoms with Crippen LogP contribution in [0, 0.1) is 5.41 Å². The Kier molecular flexibility index (Phi) is 6.32. The molecule has 1 amide bonds. The van der Waals surface area contributed by atoms with Crippen molar-refractivity contribution in [3.63, 3.8) is 0 Å². The summed E-state index contributed by atoms with van der Waals surface area (Å²) in [4.78, 5) is 28.7. The number of para-hydroxylation sites is 2. The minimum Gasteiger partial charge on any atom is -0.357 e. The van der Waals surface area contributed by atoms with E-state index < -0.39 is 17.8 Å². The second-order valence-electron chi connectivity index (χ2n) is 9.86. The fourth-order valence-corrected chi connectivity index (χ4v) is 4.88. The molecule has 0 radical (unpaired) electrons. The summed E-state index contributed by atoms with van der Waals surface area (Å²) in [6.07, 6.45) is -1.79. The summed E-state index contributed by atoms with van der Waals surface area (Å²) in [6.45, 7) is 6.03. The van der Waals surface area contributed by atoms with Crippen LogP contribution in [0.5, 0.6) is 0 Å². The summed E-state index contributed by atoms with van der Waals surface area (Å²) in [5.74, 6) is -0.253. The Labute approximate surface area is 197 Å². The molecule has 2 aromatic carbocycles. The number of nitrogens with zero attached hydrogens (tertiary/aromatic N) is 1. The predicted molar refractivity (Wildman–Crippen MR) is 126 cm³/mol.